The molecule has 10 nitrogen and oxygen atoms in total. The topological polar surface area (TPSA) is 125 Å². The van der Waals surface area contributed by atoms with E-state index in [4.69, 9.17) is 9.47 Å². The van der Waals surface area contributed by atoms with Gasteiger partial charge in [-0.2, -0.15) is 4.31 Å². The summed E-state index contributed by atoms with van der Waals surface area (Å²) in [5.74, 6) is -0.839. The molecule has 0 radical (unpaired) electrons. The van der Waals surface area contributed by atoms with Crippen LogP contribution in [0.4, 0.5) is 5.69 Å². The van der Waals surface area contributed by atoms with Crippen LogP contribution in [0.3, 0.4) is 0 Å². The molecule has 0 unspecified atom stereocenters. The minimum Gasteiger partial charge on any atom is -0.486 e. The van der Waals surface area contributed by atoms with Gasteiger partial charge in [0.2, 0.25) is 15.9 Å². The second kappa shape index (κ2) is 12.5. The molecular formula is C28H37N3O7S. The van der Waals surface area contributed by atoms with Crippen LogP contribution in [0.15, 0.2) is 53.4 Å². The van der Waals surface area contributed by atoms with Crippen molar-refractivity contribution in [1.82, 2.24) is 9.21 Å². The number of fused-ring (bicyclic) bond motifs is 1. The lowest BCUT2D eigenvalue weighted by Crippen LogP contribution is -2.50. The molecule has 0 bridgehead atoms. The number of nitrogens with one attached hydrogen (secondary N) is 1. The third-order valence-electron chi connectivity index (χ3n) is 7.43. The molecule has 2 aliphatic rings. The highest BCUT2D eigenvalue weighted by atomic mass is 32.2. The van der Waals surface area contributed by atoms with Crippen molar-refractivity contribution in [1.29, 1.82) is 0 Å². The molecule has 4 rings (SSSR count). The normalized spacial score (nSPS) is 21.5. The van der Waals surface area contributed by atoms with Gasteiger partial charge in [-0.1, -0.05) is 31.2 Å². The number of sulfonamides is 1. The van der Waals surface area contributed by atoms with Crippen LogP contribution < -0.4 is 10.1 Å². The number of aliphatic hydroxyl groups is 1. The minimum atomic E-state index is -3.80. The van der Waals surface area contributed by atoms with E-state index in [1.54, 1.807) is 48.2 Å². The number of likely N-dealkylation sites (N-methyl/N-ethyl adjacent to an activating group) is 1. The van der Waals surface area contributed by atoms with E-state index in [9.17, 15) is 23.1 Å². The van der Waals surface area contributed by atoms with Gasteiger partial charge in [0.1, 0.15) is 6.10 Å². The summed E-state index contributed by atoms with van der Waals surface area (Å²) in [5.41, 5.74) is 0.590. The van der Waals surface area contributed by atoms with Gasteiger partial charge in [-0.3, -0.25) is 9.59 Å². The van der Waals surface area contributed by atoms with Crippen LogP contribution in [-0.4, -0.2) is 86.6 Å². The largest absolute Gasteiger partial charge is 0.486 e. The van der Waals surface area contributed by atoms with E-state index < -0.39 is 22.2 Å². The third kappa shape index (κ3) is 6.43. The Morgan fingerprint density at radius 2 is 1.85 bits per heavy atom. The van der Waals surface area contributed by atoms with Crippen molar-refractivity contribution in [2.24, 2.45) is 11.8 Å². The summed E-state index contributed by atoms with van der Waals surface area (Å²) in [6.07, 6.45) is 0.545. The first kappa shape index (κ1) is 29.0. The Morgan fingerprint density at radius 1 is 1.15 bits per heavy atom. The average Bonchev–Trinajstić information content (AvgIpc) is 2.95. The Kier molecular flexibility index (Phi) is 9.27. The highest BCUT2D eigenvalue weighted by Gasteiger charge is 2.36. The Bertz CT molecular complexity index is 1270. The molecule has 2 aromatic rings. The molecule has 3 atom stereocenters. The number of carbonyl (C=O) groups excluding carboxylic acids is 2. The van der Waals surface area contributed by atoms with Crippen molar-refractivity contribution in [3.63, 3.8) is 0 Å². The van der Waals surface area contributed by atoms with Crippen LogP contribution in [0.1, 0.15) is 37.0 Å². The van der Waals surface area contributed by atoms with E-state index in [-0.39, 0.29) is 59.6 Å². The van der Waals surface area contributed by atoms with Crippen LogP contribution in [0.2, 0.25) is 0 Å². The number of hydrogen-bond donors (Lipinski definition) is 2. The second-order valence-corrected chi connectivity index (χ2v) is 12.3. The number of ether oxygens (including phenoxy) is 2. The smallest absolute Gasteiger partial charge is 0.258 e. The molecule has 2 aromatic carbocycles. The van der Waals surface area contributed by atoms with E-state index in [1.807, 2.05) is 6.92 Å². The standard InChI is InChI=1S/C28H37N3O7S/c1-19-16-31(20(2)18-32)28(34)23-10-7-11-24(29-27(33)21-12-14-37-15-13-21)26(23)38-25(19)17-30(3)39(35,36)22-8-5-4-6-9-22/h4-11,19-21,25,32H,12-18H2,1-3H3,(H,29,33)/t19-,20-,25-/m1/s1. The molecule has 0 aliphatic carbocycles. The third-order valence-corrected chi connectivity index (χ3v) is 9.27. The number of hydrogen-bond acceptors (Lipinski definition) is 7. The molecule has 0 saturated carbocycles. The molecule has 0 aromatic heterocycles. The van der Waals surface area contributed by atoms with Gasteiger partial charge in [0.15, 0.2) is 5.75 Å². The molecule has 2 amide bonds. The van der Waals surface area contributed by atoms with Crippen LogP contribution in [-0.2, 0) is 19.6 Å². The summed E-state index contributed by atoms with van der Waals surface area (Å²) in [6.45, 7) is 4.68. The van der Waals surface area contributed by atoms with Gasteiger partial charge in [0.25, 0.3) is 5.91 Å². The van der Waals surface area contributed by atoms with E-state index in [0.717, 1.165) is 0 Å². The van der Waals surface area contributed by atoms with E-state index in [1.165, 1.54) is 23.5 Å². The lowest BCUT2D eigenvalue weighted by Gasteiger charge is -2.38. The number of anilines is 1. The summed E-state index contributed by atoms with van der Waals surface area (Å²) in [5, 5.41) is 12.8. The zero-order valence-electron chi connectivity index (χ0n) is 22.6. The molecule has 212 valence electrons. The van der Waals surface area contributed by atoms with E-state index >= 15 is 0 Å². The summed E-state index contributed by atoms with van der Waals surface area (Å²) in [7, 11) is -2.30. The SMILES string of the molecule is C[C@@H]1CN([C@H](C)CO)C(=O)c2cccc(NC(=O)C3CCOCC3)c2O[C@@H]1CN(C)S(=O)(=O)c1ccccc1. The second-order valence-electron chi connectivity index (χ2n) is 10.3. The van der Waals surface area contributed by atoms with Crippen molar-refractivity contribution in [3.05, 3.63) is 54.1 Å². The quantitative estimate of drug-likeness (QED) is 0.509. The molecule has 11 heteroatoms. The molecule has 0 spiro atoms. The molecule has 1 saturated heterocycles. The number of benzene rings is 2. The molecule has 39 heavy (non-hydrogen) atoms. The Labute approximate surface area is 229 Å². The molecule has 2 aliphatic heterocycles. The first-order chi connectivity index (χ1) is 18.6. The fourth-order valence-electron chi connectivity index (χ4n) is 4.88. The zero-order valence-corrected chi connectivity index (χ0v) is 23.4. The fourth-order valence-corrected chi connectivity index (χ4v) is 6.08. The molecule has 2 heterocycles. The summed E-state index contributed by atoms with van der Waals surface area (Å²) in [6, 6.07) is 12.7. The lowest BCUT2D eigenvalue weighted by atomic mass is 9.98. The van der Waals surface area contributed by atoms with Crippen LogP contribution in [0, 0.1) is 11.8 Å². The fraction of sp³-hybridized carbons (Fsp3) is 0.500. The van der Waals surface area contributed by atoms with Crippen molar-refractivity contribution in [2.75, 3.05) is 45.3 Å². The Hall–Kier alpha value is -2.99. The van der Waals surface area contributed by atoms with Gasteiger partial charge in [-0.25, -0.2) is 8.42 Å². The number of carbonyl (C=O) groups is 2. The molecular weight excluding hydrogens is 522 g/mol. The van der Waals surface area contributed by atoms with Crippen LogP contribution >= 0.6 is 0 Å². The summed E-state index contributed by atoms with van der Waals surface area (Å²) in [4.78, 5) is 28.5. The zero-order chi connectivity index (χ0) is 28.2. The van der Waals surface area contributed by atoms with Crippen LogP contribution in [0.5, 0.6) is 5.75 Å². The van der Waals surface area contributed by atoms with Crippen molar-refractivity contribution < 1.29 is 32.6 Å². The van der Waals surface area contributed by atoms with Gasteiger partial charge in [-0.15, -0.1) is 0 Å². The van der Waals surface area contributed by atoms with Crippen molar-refractivity contribution in [2.45, 2.75) is 43.7 Å². The number of rotatable bonds is 8. The number of aliphatic hydroxyl groups excluding tert-OH is 1. The van der Waals surface area contributed by atoms with Crippen molar-refractivity contribution >= 4 is 27.5 Å². The van der Waals surface area contributed by atoms with Gasteiger partial charge in [-0.05, 0) is 44.0 Å². The van der Waals surface area contributed by atoms with Crippen LogP contribution in [0.25, 0.3) is 0 Å². The number of nitrogens with zero attached hydrogens (tertiary/aromatic N) is 2. The maximum atomic E-state index is 13.6. The molecule has 1 fully saturated rings. The lowest BCUT2D eigenvalue weighted by molar-refractivity contribution is -0.122. The maximum absolute atomic E-state index is 13.6. The van der Waals surface area contributed by atoms with Gasteiger partial charge >= 0.3 is 0 Å². The first-order valence-corrected chi connectivity index (χ1v) is 14.7. The highest BCUT2D eigenvalue weighted by molar-refractivity contribution is 7.89. The molecule has 2 N–H and O–H groups in total. The summed E-state index contributed by atoms with van der Waals surface area (Å²) >= 11 is 0. The van der Waals surface area contributed by atoms with Gasteiger partial charge < -0.3 is 24.8 Å². The number of para-hydroxylation sites is 1. The number of amides is 2. The Morgan fingerprint density at radius 3 is 2.51 bits per heavy atom. The van der Waals surface area contributed by atoms with Gasteiger partial charge in [0.05, 0.1) is 35.3 Å². The summed E-state index contributed by atoms with van der Waals surface area (Å²) < 4.78 is 39.6. The van der Waals surface area contributed by atoms with Crippen molar-refractivity contribution in [3.8, 4) is 5.75 Å². The predicted octanol–water partition coefficient (Wildman–Crippen LogP) is 2.59. The first-order valence-electron chi connectivity index (χ1n) is 13.2. The maximum Gasteiger partial charge on any atom is 0.258 e. The van der Waals surface area contributed by atoms with Gasteiger partial charge in [0, 0.05) is 38.6 Å². The highest BCUT2D eigenvalue weighted by Crippen LogP contribution is 2.36. The average molecular weight is 560 g/mol. The minimum absolute atomic E-state index is 0.00954. The van der Waals surface area contributed by atoms with E-state index in [2.05, 4.69) is 5.32 Å². The monoisotopic (exact) mass is 559 g/mol. The predicted molar refractivity (Wildman–Crippen MR) is 146 cm³/mol. The van der Waals surface area contributed by atoms with E-state index in [0.29, 0.717) is 31.7 Å². The Balaban J connectivity index is 1.69.